The van der Waals surface area contributed by atoms with E-state index in [9.17, 15) is 0 Å². The molecule has 0 aliphatic carbocycles. The van der Waals surface area contributed by atoms with E-state index in [0.29, 0.717) is 0 Å². The second-order valence-corrected chi connectivity index (χ2v) is 11.1. The van der Waals surface area contributed by atoms with Crippen molar-refractivity contribution in [1.29, 1.82) is 0 Å². The smallest absolute Gasteiger partial charge is 0.212 e. The monoisotopic (exact) mass is 558 g/mol. The average molecular weight is 560 g/mol. The first-order chi connectivity index (χ1) is 18.0. The lowest BCUT2D eigenvalue weighted by Gasteiger charge is -2.27. The summed E-state index contributed by atoms with van der Waals surface area (Å²) in [5.74, 6) is 0. The molecule has 1 aliphatic heterocycles. The van der Waals surface area contributed by atoms with Gasteiger partial charge in [-0.05, 0) is 48.4 Å². The number of hydrogen-bond acceptors (Lipinski definition) is 5. The predicted octanol–water partition coefficient (Wildman–Crippen LogP) is 3.32. The topological polar surface area (TPSA) is 99.4 Å². The molecule has 204 valence electrons. The number of aromatic nitrogens is 1. The van der Waals surface area contributed by atoms with Crippen LogP contribution in [0.4, 0.5) is 5.69 Å². The summed E-state index contributed by atoms with van der Waals surface area (Å²) >= 11 is 6.39. The minimum absolute atomic E-state index is 0.0834. The number of anilines is 1. The molecule has 0 saturated heterocycles. The van der Waals surface area contributed by atoms with Gasteiger partial charge in [0.15, 0.2) is 0 Å². The summed E-state index contributed by atoms with van der Waals surface area (Å²) in [6.07, 6.45) is 11.5. The number of rotatable bonds is 8. The average Bonchev–Trinajstić information content (AvgIpc) is 3.06. The maximum absolute atomic E-state index is 8.49. The van der Waals surface area contributed by atoms with Gasteiger partial charge < -0.3 is 4.90 Å². The molecule has 0 fully saturated rings. The number of fused-ring (bicyclic) bond motifs is 2. The molecule has 4 rings (SSSR count). The molecule has 0 N–H and O–H groups in total. The zero-order chi connectivity index (χ0) is 27.9. The lowest BCUT2D eigenvalue weighted by atomic mass is 9.83. The third-order valence-electron chi connectivity index (χ3n) is 6.82. The van der Waals surface area contributed by atoms with E-state index in [4.69, 9.17) is 30.2 Å². The SMILES string of the molecule is CCCCN1C(=CC=Cc2ccc3ccccc3[n+]2CCCC)C(C)(C)c2cc(Cl)ccc21.[O-][Cl+3]([O-])([O-])[O-]. The third-order valence-corrected chi connectivity index (χ3v) is 7.05. The Hall–Kier alpha value is -2.45. The molecule has 0 amide bonds. The molecule has 0 atom stereocenters. The Bertz CT molecular complexity index is 1290. The molecule has 8 heteroatoms. The van der Waals surface area contributed by atoms with Crippen molar-refractivity contribution in [2.24, 2.45) is 0 Å². The highest BCUT2D eigenvalue weighted by Gasteiger charge is 2.39. The highest BCUT2D eigenvalue weighted by molar-refractivity contribution is 6.30. The van der Waals surface area contributed by atoms with E-state index in [-0.39, 0.29) is 5.41 Å². The maximum atomic E-state index is 8.49. The normalized spacial score (nSPS) is 15.7. The van der Waals surface area contributed by atoms with Gasteiger partial charge in [0.05, 0.1) is 0 Å². The Morgan fingerprint density at radius 1 is 0.947 bits per heavy atom. The fraction of sp³-hybridized carbons (Fsp3) is 0.367. The molecule has 2 aromatic carbocycles. The van der Waals surface area contributed by atoms with Crippen molar-refractivity contribution in [2.45, 2.75) is 65.3 Å². The number of aryl methyl sites for hydroxylation is 1. The molecular formula is C30H36Cl2N2O4. The van der Waals surface area contributed by atoms with E-state index in [2.05, 4.69) is 104 Å². The lowest BCUT2D eigenvalue weighted by molar-refractivity contribution is -2.00. The number of benzene rings is 2. The van der Waals surface area contributed by atoms with Crippen LogP contribution < -0.4 is 28.1 Å². The molecular weight excluding hydrogens is 523 g/mol. The van der Waals surface area contributed by atoms with Crippen molar-refractivity contribution >= 4 is 34.3 Å². The van der Waals surface area contributed by atoms with E-state index in [0.717, 1.165) is 18.1 Å². The summed E-state index contributed by atoms with van der Waals surface area (Å²) < 4.78 is 36.4. The van der Waals surface area contributed by atoms with Crippen LogP contribution in [0.25, 0.3) is 17.0 Å². The van der Waals surface area contributed by atoms with Gasteiger partial charge in [0, 0.05) is 58.4 Å². The molecule has 0 spiro atoms. The summed E-state index contributed by atoms with van der Waals surface area (Å²) in [5.41, 5.74) is 6.41. The molecule has 3 aromatic rings. The zero-order valence-electron chi connectivity index (χ0n) is 22.5. The fourth-order valence-electron chi connectivity index (χ4n) is 4.93. The Kier molecular flexibility index (Phi) is 10.4. The van der Waals surface area contributed by atoms with E-state index in [1.807, 2.05) is 6.07 Å². The highest BCUT2D eigenvalue weighted by atomic mass is 35.7. The van der Waals surface area contributed by atoms with Crippen LogP contribution >= 0.6 is 11.6 Å². The van der Waals surface area contributed by atoms with Crippen LogP contribution in [-0.2, 0) is 12.0 Å². The van der Waals surface area contributed by atoms with E-state index < -0.39 is 10.2 Å². The predicted molar refractivity (Wildman–Crippen MR) is 143 cm³/mol. The van der Waals surface area contributed by atoms with Crippen LogP contribution in [0, 0.1) is 10.2 Å². The van der Waals surface area contributed by atoms with Crippen LogP contribution in [0.2, 0.25) is 5.02 Å². The molecule has 6 nitrogen and oxygen atoms in total. The number of para-hydroxylation sites is 1. The standard InChI is InChI=1S/C30H36ClN2.ClHO4/c1-5-7-20-32-25(18-16-23-12-9-10-14-27(23)32)13-11-15-29-30(3,4)26-22-24(31)17-19-28(26)33(29)21-8-6-2;2-1(3,4)5/h9-19,22H,5-8,20-21H2,1-4H3;(H,2,3,4,5)/q+1;/p-1. The molecule has 0 radical (unpaired) electrons. The lowest BCUT2D eigenvalue weighted by Crippen LogP contribution is -2.68. The van der Waals surface area contributed by atoms with E-state index >= 15 is 0 Å². The maximum Gasteiger partial charge on any atom is 0.212 e. The van der Waals surface area contributed by atoms with Gasteiger partial charge in [-0.25, -0.2) is 18.6 Å². The fourth-order valence-corrected chi connectivity index (χ4v) is 5.10. The largest absolute Gasteiger partial charge is 0.344 e. The van der Waals surface area contributed by atoms with Gasteiger partial charge in [-0.2, -0.15) is 4.57 Å². The van der Waals surface area contributed by atoms with Gasteiger partial charge in [0.2, 0.25) is 11.2 Å². The quantitative estimate of drug-likeness (QED) is 0.395. The minimum atomic E-state index is -4.94. The van der Waals surface area contributed by atoms with Crippen molar-refractivity contribution < 1.29 is 33.4 Å². The second kappa shape index (κ2) is 13.1. The summed E-state index contributed by atoms with van der Waals surface area (Å²) in [7, 11) is -4.94. The summed E-state index contributed by atoms with van der Waals surface area (Å²) in [6, 6.07) is 19.5. The van der Waals surface area contributed by atoms with Gasteiger partial charge in [-0.15, -0.1) is 10.2 Å². The summed E-state index contributed by atoms with van der Waals surface area (Å²) in [5, 5.41) is 2.10. The molecule has 38 heavy (non-hydrogen) atoms. The molecule has 1 aliphatic rings. The van der Waals surface area contributed by atoms with Crippen molar-refractivity contribution in [2.75, 3.05) is 11.4 Å². The Labute approximate surface area is 232 Å². The van der Waals surface area contributed by atoms with Crippen LogP contribution in [0.1, 0.15) is 64.6 Å². The van der Waals surface area contributed by atoms with Gasteiger partial charge in [-0.3, -0.25) is 0 Å². The van der Waals surface area contributed by atoms with E-state index in [1.165, 1.54) is 59.2 Å². The third kappa shape index (κ3) is 7.56. The Morgan fingerprint density at radius 2 is 1.63 bits per heavy atom. The van der Waals surface area contributed by atoms with Gasteiger partial charge in [0.25, 0.3) is 0 Å². The van der Waals surface area contributed by atoms with Crippen molar-refractivity contribution in [3.8, 4) is 0 Å². The number of unbranched alkanes of at least 4 members (excludes halogenated alkanes) is 2. The Morgan fingerprint density at radius 3 is 2.32 bits per heavy atom. The molecule has 0 bridgehead atoms. The first-order valence-electron chi connectivity index (χ1n) is 13.0. The number of nitrogens with zero attached hydrogens (tertiary/aromatic N) is 2. The first-order valence-corrected chi connectivity index (χ1v) is 14.6. The molecule has 1 aromatic heterocycles. The van der Waals surface area contributed by atoms with Crippen LogP contribution in [0.15, 0.2) is 72.4 Å². The highest BCUT2D eigenvalue weighted by Crippen LogP contribution is 2.48. The van der Waals surface area contributed by atoms with Gasteiger partial charge >= 0.3 is 0 Å². The Balaban J connectivity index is 0.000000732. The number of allylic oxidation sites excluding steroid dienone is 3. The summed E-state index contributed by atoms with van der Waals surface area (Å²) in [6.45, 7) is 11.2. The minimum Gasteiger partial charge on any atom is -0.344 e. The van der Waals surface area contributed by atoms with Crippen LogP contribution in [-0.4, -0.2) is 6.54 Å². The number of halogens is 2. The second-order valence-electron chi connectivity index (χ2n) is 9.90. The van der Waals surface area contributed by atoms with Crippen molar-refractivity contribution in [3.63, 3.8) is 0 Å². The molecule has 0 unspecified atom stereocenters. The van der Waals surface area contributed by atoms with Crippen molar-refractivity contribution in [3.05, 3.63) is 88.7 Å². The molecule has 2 heterocycles. The molecule has 0 saturated carbocycles. The number of hydrogen-bond donors (Lipinski definition) is 0. The van der Waals surface area contributed by atoms with Crippen LogP contribution in [0.5, 0.6) is 0 Å². The first kappa shape index (κ1) is 30.1. The van der Waals surface area contributed by atoms with Gasteiger partial charge in [-0.1, -0.05) is 70.3 Å². The van der Waals surface area contributed by atoms with Crippen LogP contribution in [0.3, 0.4) is 0 Å². The van der Waals surface area contributed by atoms with Crippen molar-refractivity contribution in [1.82, 2.24) is 0 Å². The zero-order valence-corrected chi connectivity index (χ0v) is 24.0. The van der Waals surface area contributed by atoms with Gasteiger partial charge in [0.1, 0.15) is 6.54 Å². The van der Waals surface area contributed by atoms with E-state index in [1.54, 1.807) is 0 Å². The number of pyridine rings is 1. The summed E-state index contributed by atoms with van der Waals surface area (Å²) in [4.78, 5) is 2.49.